The smallest absolute Gasteiger partial charge is 0.350 e. The molecule has 0 bridgehead atoms. The van der Waals surface area contributed by atoms with Crippen molar-refractivity contribution in [1.82, 2.24) is 24.3 Å². The van der Waals surface area contributed by atoms with Gasteiger partial charge in [-0.3, -0.25) is 4.79 Å². The zero-order valence-corrected chi connectivity index (χ0v) is 16.9. The molecule has 9 nitrogen and oxygen atoms in total. The van der Waals surface area contributed by atoms with E-state index in [-0.39, 0.29) is 12.4 Å². The Morgan fingerprint density at radius 3 is 2.79 bits per heavy atom. The van der Waals surface area contributed by atoms with Gasteiger partial charge >= 0.3 is 5.69 Å². The molecule has 4 aromatic rings. The number of hydrogen-bond donors (Lipinski definition) is 1. The maximum Gasteiger partial charge on any atom is 0.350 e. The van der Waals surface area contributed by atoms with Crippen molar-refractivity contribution in [1.29, 1.82) is 0 Å². The Kier molecular flexibility index (Phi) is 4.93. The maximum absolute atomic E-state index is 12.6. The summed E-state index contributed by atoms with van der Waals surface area (Å²) in [5.74, 6) is 0.432. The molecule has 0 saturated carbocycles. The van der Waals surface area contributed by atoms with E-state index in [4.69, 9.17) is 4.52 Å². The molecule has 0 spiro atoms. The first-order valence-electron chi connectivity index (χ1n) is 8.83. The largest absolute Gasteiger partial charge is 0.360 e. The number of aromatic nitrogens is 5. The summed E-state index contributed by atoms with van der Waals surface area (Å²) in [5.41, 5.74) is 2.26. The summed E-state index contributed by atoms with van der Waals surface area (Å²) in [6.07, 6.45) is 3.08. The van der Waals surface area contributed by atoms with Crippen molar-refractivity contribution >= 4 is 29.1 Å². The van der Waals surface area contributed by atoms with Gasteiger partial charge in [0.05, 0.1) is 0 Å². The summed E-state index contributed by atoms with van der Waals surface area (Å²) in [6.45, 7) is 5.53. The monoisotopic (exact) mass is 410 g/mol. The number of aryl methyl sites for hydroxylation is 3. The molecule has 1 N–H and O–H groups in total. The molecule has 4 rings (SSSR count). The zero-order valence-electron chi connectivity index (χ0n) is 16.0. The first-order chi connectivity index (χ1) is 13.9. The van der Waals surface area contributed by atoms with Gasteiger partial charge in [0.15, 0.2) is 11.5 Å². The number of nitrogens with zero attached hydrogens (tertiary/aromatic N) is 5. The molecule has 0 unspecified atom stereocenters. The molecule has 0 aliphatic heterocycles. The van der Waals surface area contributed by atoms with E-state index in [2.05, 4.69) is 26.6 Å². The van der Waals surface area contributed by atoms with E-state index in [9.17, 15) is 9.59 Å². The quantitative estimate of drug-likeness (QED) is 0.539. The van der Waals surface area contributed by atoms with E-state index in [1.54, 1.807) is 19.2 Å². The number of anilines is 1. The summed E-state index contributed by atoms with van der Waals surface area (Å²) < 4.78 is 7.40. The van der Waals surface area contributed by atoms with Crippen molar-refractivity contribution in [3.05, 3.63) is 64.0 Å². The highest BCUT2D eigenvalue weighted by Crippen LogP contribution is 2.30. The zero-order chi connectivity index (χ0) is 20.5. The molecule has 3 heterocycles. The van der Waals surface area contributed by atoms with Gasteiger partial charge in [-0.05, 0) is 32.4 Å². The molecule has 0 aliphatic carbocycles. The standard InChI is InChI=1S/C19H18N6O3S/c1-11-4-5-14(12(2)8-11)29-18-17-22-25(19(27)24(17)7-6-20-18)10-16(26)21-15-9-13(3)28-23-15/h4-9H,10H2,1-3H3,(H,21,23,26). The Bertz CT molecular complexity index is 1270. The Labute approximate surface area is 169 Å². The van der Waals surface area contributed by atoms with E-state index < -0.39 is 11.6 Å². The summed E-state index contributed by atoms with van der Waals surface area (Å²) in [7, 11) is 0. The van der Waals surface area contributed by atoms with Crippen molar-refractivity contribution in [3.8, 4) is 0 Å². The fourth-order valence-corrected chi connectivity index (χ4v) is 3.77. The number of hydrogen-bond acceptors (Lipinski definition) is 7. The molecule has 29 heavy (non-hydrogen) atoms. The lowest BCUT2D eigenvalue weighted by molar-refractivity contribution is -0.117. The van der Waals surface area contributed by atoms with Gasteiger partial charge in [-0.25, -0.2) is 18.9 Å². The van der Waals surface area contributed by atoms with Crippen LogP contribution >= 0.6 is 11.8 Å². The summed E-state index contributed by atoms with van der Waals surface area (Å²) >= 11 is 1.43. The number of fused-ring (bicyclic) bond motifs is 1. The number of amides is 1. The summed E-state index contributed by atoms with van der Waals surface area (Å²) in [4.78, 5) is 30.3. The predicted octanol–water partition coefficient (Wildman–Crippen LogP) is 2.59. The van der Waals surface area contributed by atoms with E-state index in [1.165, 1.54) is 27.9 Å². The van der Waals surface area contributed by atoms with Crippen molar-refractivity contribution in [2.45, 2.75) is 37.2 Å². The van der Waals surface area contributed by atoms with Crippen LogP contribution in [0.15, 0.2) is 55.9 Å². The van der Waals surface area contributed by atoms with Gasteiger partial charge in [-0.2, -0.15) is 0 Å². The van der Waals surface area contributed by atoms with E-state index >= 15 is 0 Å². The highest BCUT2D eigenvalue weighted by Gasteiger charge is 2.16. The third-order valence-corrected chi connectivity index (χ3v) is 5.35. The minimum Gasteiger partial charge on any atom is -0.360 e. The second-order valence-corrected chi connectivity index (χ2v) is 7.64. The number of nitrogens with one attached hydrogen (secondary N) is 1. The molecular weight excluding hydrogens is 392 g/mol. The molecule has 3 aromatic heterocycles. The number of rotatable bonds is 5. The van der Waals surface area contributed by atoms with Crippen molar-refractivity contribution in [2.75, 3.05) is 5.32 Å². The van der Waals surface area contributed by atoms with Gasteiger partial charge in [-0.1, -0.05) is 34.6 Å². The van der Waals surface area contributed by atoms with E-state index in [0.717, 1.165) is 15.1 Å². The van der Waals surface area contributed by atoms with Crippen LogP contribution in [0.3, 0.4) is 0 Å². The van der Waals surface area contributed by atoms with Crippen LogP contribution in [0.2, 0.25) is 0 Å². The average molecular weight is 410 g/mol. The molecule has 148 valence electrons. The van der Waals surface area contributed by atoms with E-state index in [0.29, 0.717) is 16.4 Å². The lowest BCUT2D eigenvalue weighted by Crippen LogP contribution is -2.28. The van der Waals surface area contributed by atoms with Crippen LogP contribution in [0, 0.1) is 20.8 Å². The minimum absolute atomic E-state index is 0.250. The third-order valence-electron chi connectivity index (χ3n) is 4.20. The number of carbonyl (C=O) groups is 1. The molecule has 1 amide bonds. The third kappa shape index (κ3) is 3.92. The van der Waals surface area contributed by atoms with Crippen molar-refractivity contribution < 1.29 is 9.32 Å². The fourth-order valence-electron chi connectivity index (χ4n) is 2.86. The van der Waals surface area contributed by atoms with Crippen LogP contribution < -0.4 is 11.0 Å². The lowest BCUT2D eigenvalue weighted by Gasteiger charge is -2.06. The van der Waals surface area contributed by atoms with Crippen LogP contribution in [-0.4, -0.2) is 30.2 Å². The Morgan fingerprint density at radius 2 is 2.07 bits per heavy atom. The molecule has 0 aliphatic rings. The second kappa shape index (κ2) is 7.55. The Hall–Kier alpha value is -3.40. The molecule has 0 saturated heterocycles. The van der Waals surface area contributed by atoms with Crippen LogP contribution in [0.25, 0.3) is 5.65 Å². The number of carbonyl (C=O) groups excluding carboxylic acids is 1. The lowest BCUT2D eigenvalue weighted by atomic mass is 10.2. The summed E-state index contributed by atoms with van der Waals surface area (Å²) in [5, 5.41) is 11.2. The van der Waals surface area contributed by atoms with Crippen LogP contribution in [-0.2, 0) is 11.3 Å². The first-order valence-corrected chi connectivity index (χ1v) is 9.65. The van der Waals surface area contributed by atoms with Crippen LogP contribution in [0.1, 0.15) is 16.9 Å². The normalized spacial score (nSPS) is 11.1. The molecule has 10 heteroatoms. The molecule has 1 aromatic carbocycles. The molecule has 0 atom stereocenters. The van der Waals surface area contributed by atoms with E-state index in [1.807, 2.05) is 26.0 Å². The minimum atomic E-state index is -0.430. The van der Waals surface area contributed by atoms with Gasteiger partial charge in [0.25, 0.3) is 0 Å². The molecular formula is C19H18N6O3S. The highest BCUT2D eigenvalue weighted by molar-refractivity contribution is 7.99. The van der Waals surface area contributed by atoms with Crippen molar-refractivity contribution in [3.63, 3.8) is 0 Å². The topological polar surface area (TPSA) is 107 Å². The van der Waals surface area contributed by atoms with Gasteiger partial charge < -0.3 is 9.84 Å². The summed E-state index contributed by atoms with van der Waals surface area (Å²) in [6, 6.07) is 7.72. The molecule has 0 fully saturated rings. The maximum atomic E-state index is 12.6. The SMILES string of the molecule is Cc1ccc(Sc2nccn3c(=O)n(CC(=O)Nc4cc(C)on4)nc23)c(C)c1. The first kappa shape index (κ1) is 18.9. The predicted molar refractivity (Wildman–Crippen MR) is 107 cm³/mol. The van der Waals surface area contributed by atoms with Crippen LogP contribution in [0.5, 0.6) is 0 Å². The van der Waals surface area contributed by atoms with Crippen LogP contribution in [0.4, 0.5) is 5.82 Å². The average Bonchev–Trinajstić information content (AvgIpc) is 3.21. The van der Waals surface area contributed by atoms with Gasteiger partial charge in [0, 0.05) is 23.4 Å². The highest BCUT2D eigenvalue weighted by atomic mass is 32.2. The Morgan fingerprint density at radius 1 is 1.24 bits per heavy atom. The Balaban J connectivity index is 1.62. The van der Waals surface area contributed by atoms with Gasteiger partial charge in [0.2, 0.25) is 5.91 Å². The molecule has 0 radical (unpaired) electrons. The second-order valence-electron chi connectivity index (χ2n) is 6.61. The fraction of sp³-hybridized carbons (Fsp3) is 0.211. The van der Waals surface area contributed by atoms with Gasteiger partial charge in [-0.15, -0.1) is 5.10 Å². The number of benzene rings is 1. The van der Waals surface area contributed by atoms with Crippen molar-refractivity contribution in [2.24, 2.45) is 0 Å². The van der Waals surface area contributed by atoms with Gasteiger partial charge in [0.1, 0.15) is 17.3 Å².